The number of ether oxygens (including phenoxy) is 1. The zero-order valence-corrected chi connectivity index (χ0v) is 21.6. The summed E-state index contributed by atoms with van der Waals surface area (Å²) in [4.78, 5) is 24.1. The molecule has 200 valence electrons. The van der Waals surface area contributed by atoms with Gasteiger partial charge in [-0.3, -0.25) is 4.79 Å². The molecule has 8 nitrogen and oxygen atoms in total. The molecule has 9 heteroatoms. The highest BCUT2D eigenvalue weighted by Gasteiger charge is 2.21. The Balaban J connectivity index is 1.27. The van der Waals surface area contributed by atoms with E-state index >= 15 is 0 Å². The Morgan fingerprint density at radius 2 is 1.90 bits per heavy atom. The number of nitrogens with one attached hydrogen (secondary N) is 2. The number of carbonyl (C=O) groups is 2. The van der Waals surface area contributed by atoms with E-state index in [1.54, 1.807) is 24.3 Å². The zero-order valence-electron chi connectivity index (χ0n) is 20.9. The fourth-order valence-corrected chi connectivity index (χ4v) is 4.87. The van der Waals surface area contributed by atoms with Crippen LogP contribution in [0.1, 0.15) is 50.1 Å². The van der Waals surface area contributed by atoms with E-state index < -0.39 is 18.0 Å². The lowest BCUT2D eigenvalue weighted by Crippen LogP contribution is -2.37. The Kier molecular flexibility index (Phi) is 7.97. The first-order chi connectivity index (χ1) is 18.8. The normalized spacial score (nSPS) is 15.3. The lowest BCUT2D eigenvalue weighted by atomic mass is 9.88. The number of carboxylic acids is 1. The fourth-order valence-electron chi connectivity index (χ4n) is 4.67. The minimum atomic E-state index is -1.15. The molecule has 0 spiro atoms. The molecule has 4 aromatic rings. The van der Waals surface area contributed by atoms with Crippen molar-refractivity contribution in [1.29, 1.82) is 0 Å². The van der Waals surface area contributed by atoms with Crippen molar-refractivity contribution in [2.45, 2.75) is 31.4 Å². The molecule has 1 aliphatic rings. The summed E-state index contributed by atoms with van der Waals surface area (Å²) in [6, 6.07) is 20.6. The van der Waals surface area contributed by atoms with Gasteiger partial charge in [-0.05, 0) is 84.5 Å². The summed E-state index contributed by atoms with van der Waals surface area (Å²) in [7, 11) is 0. The Bertz CT molecular complexity index is 1490. The van der Waals surface area contributed by atoms with Crippen LogP contribution in [-0.4, -0.2) is 34.7 Å². The number of halogens is 1. The lowest BCUT2D eigenvalue weighted by molar-refractivity contribution is 0.0696. The molecule has 0 bridgehead atoms. The largest absolute Gasteiger partial charge is 0.478 e. The highest BCUT2D eigenvalue weighted by atomic mass is 35.5. The molecule has 0 saturated carbocycles. The third-order valence-corrected chi connectivity index (χ3v) is 6.87. The molecule has 1 heterocycles. The van der Waals surface area contributed by atoms with E-state index in [9.17, 15) is 19.8 Å². The van der Waals surface area contributed by atoms with Crippen LogP contribution < -0.4 is 15.4 Å². The monoisotopic (exact) mass is 546 g/mol. The number of rotatable bonds is 9. The highest BCUT2D eigenvalue weighted by molar-refractivity contribution is 6.30. The number of aromatic carboxylic acids is 1. The van der Waals surface area contributed by atoms with Crippen LogP contribution in [0.5, 0.6) is 11.5 Å². The standard InChI is InChI=1S/C30H27ClN2O6/c31-22-4-1-3-19(11-22)27(34)17-32-23-8-6-18-7-9-25(14-20(18)12-23)39-26-15-21(30(36)37)13-24(16-26)33-29(35)28-5-2-10-38-28/h1-5,7,9-11,13-16,23,27,32,34H,6,8,12,17H2,(H,33,35)(H,36,37)/t23-,27-/m0/s1. The maximum absolute atomic E-state index is 12.4. The Morgan fingerprint density at radius 3 is 2.67 bits per heavy atom. The van der Waals surface area contributed by atoms with Gasteiger partial charge in [-0.2, -0.15) is 0 Å². The number of hydrogen-bond donors (Lipinski definition) is 4. The van der Waals surface area contributed by atoms with E-state index in [1.165, 1.54) is 30.0 Å². The molecule has 1 aliphatic carbocycles. The van der Waals surface area contributed by atoms with Crippen LogP contribution in [0.2, 0.25) is 5.02 Å². The van der Waals surface area contributed by atoms with E-state index in [0.717, 1.165) is 30.4 Å². The van der Waals surface area contributed by atoms with Gasteiger partial charge in [0.05, 0.1) is 17.9 Å². The predicted molar refractivity (Wildman–Crippen MR) is 147 cm³/mol. The van der Waals surface area contributed by atoms with Crippen LogP contribution in [0.3, 0.4) is 0 Å². The maximum atomic E-state index is 12.4. The van der Waals surface area contributed by atoms with E-state index in [0.29, 0.717) is 17.3 Å². The molecule has 5 rings (SSSR count). The lowest BCUT2D eigenvalue weighted by Gasteiger charge is -2.27. The second-order valence-corrected chi connectivity index (χ2v) is 9.87. The van der Waals surface area contributed by atoms with Crippen molar-refractivity contribution in [2.75, 3.05) is 11.9 Å². The third kappa shape index (κ3) is 6.67. The van der Waals surface area contributed by atoms with E-state index in [4.69, 9.17) is 20.8 Å². The molecule has 2 atom stereocenters. The summed E-state index contributed by atoms with van der Waals surface area (Å²) in [5.41, 5.74) is 3.36. The zero-order chi connectivity index (χ0) is 27.4. The van der Waals surface area contributed by atoms with Crippen molar-refractivity contribution in [3.63, 3.8) is 0 Å². The molecule has 4 N–H and O–H groups in total. The fraction of sp³-hybridized carbons (Fsp3) is 0.200. The first-order valence-corrected chi connectivity index (χ1v) is 12.9. The van der Waals surface area contributed by atoms with Gasteiger partial charge < -0.3 is 30.0 Å². The van der Waals surface area contributed by atoms with Gasteiger partial charge in [-0.25, -0.2) is 4.79 Å². The second kappa shape index (κ2) is 11.7. The van der Waals surface area contributed by atoms with Gasteiger partial charge in [0.25, 0.3) is 5.91 Å². The van der Waals surface area contributed by atoms with Crippen molar-refractivity contribution in [2.24, 2.45) is 0 Å². The van der Waals surface area contributed by atoms with Crippen LogP contribution in [-0.2, 0) is 12.8 Å². The molecule has 3 aromatic carbocycles. The second-order valence-electron chi connectivity index (χ2n) is 9.43. The van der Waals surface area contributed by atoms with E-state index in [-0.39, 0.29) is 28.8 Å². The number of carboxylic acid groups (broad SMARTS) is 1. The molecule has 1 amide bonds. The van der Waals surface area contributed by atoms with Crippen molar-refractivity contribution < 1.29 is 29.0 Å². The Labute approximate surface area is 230 Å². The summed E-state index contributed by atoms with van der Waals surface area (Å²) in [5.74, 6) is -0.704. The first-order valence-electron chi connectivity index (χ1n) is 12.5. The average Bonchev–Trinajstić information content (AvgIpc) is 3.47. The maximum Gasteiger partial charge on any atom is 0.335 e. The number of fused-ring (bicyclic) bond motifs is 1. The highest BCUT2D eigenvalue weighted by Crippen LogP contribution is 2.31. The van der Waals surface area contributed by atoms with Gasteiger partial charge in [-0.15, -0.1) is 0 Å². The number of aryl methyl sites for hydroxylation is 1. The van der Waals surface area contributed by atoms with Crippen LogP contribution in [0.4, 0.5) is 5.69 Å². The van der Waals surface area contributed by atoms with Crippen LogP contribution in [0, 0.1) is 0 Å². The van der Waals surface area contributed by atoms with Crippen molar-refractivity contribution >= 4 is 29.2 Å². The van der Waals surface area contributed by atoms with Crippen LogP contribution in [0.15, 0.2) is 83.5 Å². The summed E-state index contributed by atoms with van der Waals surface area (Å²) in [5, 5.41) is 26.8. The molecular formula is C30H27ClN2O6. The first kappa shape index (κ1) is 26.5. The van der Waals surface area contributed by atoms with E-state index in [2.05, 4.69) is 10.6 Å². The number of furan rings is 1. The smallest absolute Gasteiger partial charge is 0.335 e. The van der Waals surface area contributed by atoms with Gasteiger partial charge in [0, 0.05) is 29.4 Å². The average molecular weight is 547 g/mol. The molecule has 0 saturated heterocycles. The summed E-state index contributed by atoms with van der Waals surface area (Å²) < 4.78 is 11.1. The number of anilines is 1. The number of benzene rings is 3. The van der Waals surface area contributed by atoms with Gasteiger partial charge in [0.15, 0.2) is 5.76 Å². The van der Waals surface area contributed by atoms with Crippen molar-refractivity contribution in [3.8, 4) is 11.5 Å². The van der Waals surface area contributed by atoms with E-state index in [1.807, 2.05) is 30.3 Å². The van der Waals surface area contributed by atoms with Gasteiger partial charge in [-0.1, -0.05) is 29.8 Å². The number of amides is 1. The molecular weight excluding hydrogens is 520 g/mol. The number of carbonyl (C=O) groups excluding carboxylic acids is 1. The van der Waals surface area contributed by atoms with Gasteiger partial charge in [0.2, 0.25) is 0 Å². The third-order valence-electron chi connectivity index (χ3n) is 6.63. The summed E-state index contributed by atoms with van der Waals surface area (Å²) >= 11 is 6.05. The minimum Gasteiger partial charge on any atom is -0.478 e. The minimum absolute atomic E-state index is 0.0252. The van der Waals surface area contributed by atoms with Gasteiger partial charge in [0.1, 0.15) is 11.5 Å². The number of aliphatic hydroxyl groups is 1. The predicted octanol–water partition coefficient (Wildman–Crippen LogP) is 5.86. The molecule has 0 fully saturated rings. The van der Waals surface area contributed by atoms with Crippen molar-refractivity contribution in [3.05, 3.63) is 112 Å². The number of hydrogen-bond acceptors (Lipinski definition) is 6. The molecule has 1 aromatic heterocycles. The molecule has 0 unspecified atom stereocenters. The number of aliphatic hydroxyl groups excluding tert-OH is 1. The summed E-state index contributed by atoms with van der Waals surface area (Å²) in [6.45, 7) is 0.408. The Hall–Kier alpha value is -4.11. The molecule has 39 heavy (non-hydrogen) atoms. The van der Waals surface area contributed by atoms with Crippen LogP contribution in [0.25, 0.3) is 0 Å². The Morgan fingerprint density at radius 1 is 1.03 bits per heavy atom. The quantitative estimate of drug-likeness (QED) is 0.207. The molecule has 0 aliphatic heterocycles. The van der Waals surface area contributed by atoms with Crippen LogP contribution >= 0.6 is 11.6 Å². The van der Waals surface area contributed by atoms with Crippen molar-refractivity contribution in [1.82, 2.24) is 5.32 Å². The topological polar surface area (TPSA) is 121 Å². The molecule has 0 radical (unpaired) electrons. The summed E-state index contributed by atoms with van der Waals surface area (Å²) in [6.07, 6.45) is 3.31. The SMILES string of the molecule is O=C(O)c1cc(NC(=O)c2ccco2)cc(Oc2ccc3c(c2)C[C@@H](NC[C@H](O)c2cccc(Cl)c2)CC3)c1. The van der Waals surface area contributed by atoms with Gasteiger partial charge >= 0.3 is 5.97 Å².